The molecule has 0 unspecified atom stereocenters. The van der Waals surface area contributed by atoms with Crippen molar-refractivity contribution in [2.24, 2.45) is 0 Å². The normalized spacial score (nSPS) is 10.9. The first kappa shape index (κ1) is 17.4. The van der Waals surface area contributed by atoms with Crippen molar-refractivity contribution in [2.45, 2.75) is 6.54 Å². The molecule has 2 heterocycles. The molecule has 0 radical (unpaired) electrons. The zero-order chi connectivity index (χ0) is 19.5. The summed E-state index contributed by atoms with van der Waals surface area (Å²) in [5.74, 6) is -0.305. The minimum atomic E-state index is -0.348. The Labute approximate surface area is 158 Å². The third-order valence-electron chi connectivity index (χ3n) is 4.35. The average molecular weight is 376 g/mol. The summed E-state index contributed by atoms with van der Waals surface area (Å²) in [6.45, 7) is 0.309. The number of amides is 1. The third-order valence-corrected chi connectivity index (χ3v) is 4.35. The van der Waals surface area contributed by atoms with Gasteiger partial charge in [0.2, 0.25) is 0 Å². The Balaban J connectivity index is 1.52. The molecule has 9 heteroatoms. The lowest BCUT2D eigenvalue weighted by molar-refractivity contribution is 0.0951. The first-order chi connectivity index (χ1) is 13.6. The number of fused-ring (bicyclic) bond motifs is 1. The van der Waals surface area contributed by atoms with Gasteiger partial charge in [-0.1, -0.05) is 24.3 Å². The van der Waals surface area contributed by atoms with Crippen molar-refractivity contribution >= 4 is 16.7 Å². The zero-order valence-electron chi connectivity index (χ0n) is 14.7. The van der Waals surface area contributed by atoms with E-state index < -0.39 is 0 Å². The van der Waals surface area contributed by atoms with E-state index >= 15 is 0 Å². The summed E-state index contributed by atoms with van der Waals surface area (Å²) >= 11 is 0. The van der Waals surface area contributed by atoms with Crippen LogP contribution in [0.2, 0.25) is 0 Å². The van der Waals surface area contributed by atoms with Crippen molar-refractivity contribution in [3.05, 3.63) is 87.5 Å². The van der Waals surface area contributed by atoms with Crippen LogP contribution in [0.1, 0.15) is 10.4 Å². The topological polar surface area (TPSA) is 115 Å². The van der Waals surface area contributed by atoms with E-state index in [1.165, 1.54) is 17.3 Å². The van der Waals surface area contributed by atoms with Crippen molar-refractivity contribution in [1.82, 2.24) is 29.9 Å². The lowest BCUT2D eigenvalue weighted by atomic mass is 10.1. The summed E-state index contributed by atoms with van der Waals surface area (Å²) in [7, 11) is 0. The molecule has 0 aliphatic carbocycles. The van der Waals surface area contributed by atoms with Gasteiger partial charge in [0.1, 0.15) is 12.7 Å². The van der Waals surface area contributed by atoms with Gasteiger partial charge in [0.05, 0.1) is 28.6 Å². The van der Waals surface area contributed by atoms with Crippen molar-refractivity contribution < 1.29 is 4.79 Å². The van der Waals surface area contributed by atoms with Crippen LogP contribution in [0.15, 0.2) is 70.8 Å². The van der Waals surface area contributed by atoms with Crippen molar-refractivity contribution in [3.63, 3.8) is 0 Å². The molecule has 28 heavy (non-hydrogen) atoms. The number of rotatable bonds is 5. The maximum Gasteiger partial charge on any atom is 0.273 e. The highest BCUT2D eigenvalue weighted by molar-refractivity contribution is 5.97. The molecule has 9 nitrogen and oxygen atoms in total. The van der Waals surface area contributed by atoms with Gasteiger partial charge in [0.15, 0.2) is 0 Å². The van der Waals surface area contributed by atoms with E-state index in [0.717, 1.165) is 0 Å². The number of benzene rings is 2. The van der Waals surface area contributed by atoms with E-state index in [-0.39, 0.29) is 30.1 Å². The summed E-state index contributed by atoms with van der Waals surface area (Å²) in [4.78, 5) is 37.2. The Hall–Kier alpha value is -4.01. The Morgan fingerprint density at radius 1 is 0.964 bits per heavy atom. The van der Waals surface area contributed by atoms with Crippen molar-refractivity contribution in [2.75, 3.05) is 6.54 Å². The van der Waals surface area contributed by atoms with E-state index in [9.17, 15) is 14.4 Å². The van der Waals surface area contributed by atoms with Gasteiger partial charge in [0, 0.05) is 6.54 Å². The highest BCUT2D eigenvalue weighted by atomic mass is 16.2. The molecule has 2 aromatic carbocycles. The molecule has 0 atom stereocenters. The minimum absolute atomic E-state index is 0.138. The third kappa shape index (κ3) is 3.20. The summed E-state index contributed by atoms with van der Waals surface area (Å²) in [6.07, 6.45) is 3.01. The van der Waals surface area contributed by atoms with Crippen LogP contribution < -0.4 is 16.4 Å². The highest BCUT2D eigenvalue weighted by Crippen LogP contribution is 2.13. The van der Waals surface area contributed by atoms with Crippen LogP contribution in [0.3, 0.4) is 0 Å². The molecule has 0 fully saturated rings. The molecule has 0 saturated carbocycles. The summed E-state index contributed by atoms with van der Waals surface area (Å²) < 4.78 is 2.84. The molecule has 140 valence electrons. The number of H-pyrrole nitrogens is 1. The number of aromatic amines is 1. The maximum atomic E-state index is 12.6. The number of aromatic nitrogens is 5. The second-order valence-corrected chi connectivity index (χ2v) is 6.09. The molecule has 2 N–H and O–H groups in total. The molecular formula is C19H16N6O3. The second-order valence-electron chi connectivity index (χ2n) is 6.09. The number of nitrogens with one attached hydrogen (secondary N) is 2. The Morgan fingerprint density at radius 2 is 1.64 bits per heavy atom. The van der Waals surface area contributed by atoms with E-state index in [4.69, 9.17) is 0 Å². The van der Waals surface area contributed by atoms with Crippen LogP contribution in [0.5, 0.6) is 0 Å². The second kappa shape index (κ2) is 7.31. The highest BCUT2D eigenvalue weighted by Gasteiger charge is 2.12. The van der Waals surface area contributed by atoms with Gasteiger partial charge in [-0.3, -0.25) is 24.0 Å². The quantitative estimate of drug-likeness (QED) is 0.532. The minimum Gasteiger partial charge on any atom is -0.350 e. The van der Waals surface area contributed by atoms with Crippen LogP contribution in [0.25, 0.3) is 16.5 Å². The molecule has 0 aliphatic rings. The van der Waals surface area contributed by atoms with Gasteiger partial charge in [-0.15, -0.1) is 10.2 Å². The standard InChI is InChI=1S/C19H16N6O3/c26-17(15-7-3-4-8-16(15)24-11-21-22-12-24)20-9-10-25-19(28)14-6-2-1-5-13(14)18(27)23-25/h1-8,11-12H,9-10H2,(H,20,26)(H,23,27). The summed E-state index contributed by atoms with van der Waals surface area (Å²) in [5, 5.41) is 13.5. The Bertz CT molecular complexity index is 1260. The number of carbonyl (C=O) groups excluding carboxylic acids is 1. The first-order valence-electron chi connectivity index (χ1n) is 8.59. The van der Waals surface area contributed by atoms with Crippen LogP contribution in [-0.4, -0.2) is 37.0 Å². The summed E-state index contributed by atoms with van der Waals surface area (Å²) in [5.41, 5.74) is 0.428. The average Bonchev–Trinajstić information content (AvgIpc) is 3.26. The number of hydrogen-bond donors (Lipinski definition) is 2. The van der Waals surface area contributed by atoms with E-state index in [0.29, 0.717) is 22.0 Å². The number of nitrogens with zero attached hydrogens (tertiary/aromatic N) is 4. The van der Waals surface area contributed by atoms with E-state index in [1.54, 1.807) is 47.0 Å². The number of para-hydroxylation sites is 1. The van der Waals surface area contributed by atoms with Crippen LogP contribution in [0.4, 0.5) is 0 Å². The number of hydrogen-bond acceptors (Lipinski definition) is 5. The molecular weight excluding hydrogens is 360 g/mol. The fraction of sp³-hybridized carbons (Fsp3) is 0.105. The smallest absolute Gasteiger partial charge is 0.273 e. The monoisotopic (exact) mass is 376 g/mol. The molecule has 4 aromatic rings. The maximum absolute atomic E-state index is 12.6. The van der Waals surface area contributed by atoms with Crippen molar-refractivity contribution in [1.29, 1.82) is 0 Å². The molecule has 0 saturated heterocycles. The van der Waals surface area contributed by atoms with Gasteiger partial charge >= 0.3 is 0 Å². The number of carbonyl (C=O) groups is 1. The van der Waals surface area contributed by atoms with Crippen molar-refractivity contribution in [3.8, 4) is 5.69 Å². The predicted molar refractivity (Wildman–Crippen MR) is 103 cm³/mol. The fourth-order valence-corrected chi connectivity index (χ4v) is 3.00. The molecule has 4 rings (SSSR count). The van der Waals surface area contributed by atoms with Gasteiger partial charge in [-0.25, -0.2) is 4.68 Å². The largest absolute Gasteiger partial charge is 0.350 e. The Morgan fingerprint density at radius 3 is 2.43 bits per heavy atom. The Kier molecular flexibility index (Phi) is 4.55. The fourth-order valence-electron chi connectivity index (χ4n) is 3.00. The van der Waals surface area contributed by atoms with Crippen LogP contribution >= 0.6 is 0 Å². The molecule has 0 aliphatic heterocycles. The molecule has 0 bridgehead atoms. The first-order valence-corrected chi connectivity index (χ1v) is 8.59. The van der Waals surface area contributed by atoms with Gasteiger partial charge in [-0.05, 0) is 24.3 Å². The molecule has 2 aromatic heterocycles. The predicted octanol–water partition coefficient (Wildman–Crippen LogP) is 0.700. The lowest BCUT2D eigenvalue weighted by Gasteiger charge is -2.11. The van der Waals surface area contributed by atoms with Gasteiger partial charge in [-0.2, -0.15) is 0 Å². The van der Waals surface area contributed by atoms with Gasteiger partial charge in [0.25, 0.3) is 17.0 Å². The molecule has 1 amide bonds. The summed E-state index contributed by atoms with van der Waals surface area (Å²) in [6, 6.07) is 13.7. The van der Waals surface area contributed by atoms with E-state index in [1.807, 2.05) is 6.07 Å². The lowest BCUT2D eigenvalue weighted by Crippen LogP contribution is -2.35. The molecule has 0 spiro atoms. The van der Waals surface area contributed by atoms with Gasteiger partial charge < -0.3 is 5.32 Å². The SMILES string of the molecule is O=C(NCCn1[nH]c(=O)c2ccccc2c1=O)c1ccccc1-n1cnnc1. The van der Waals surface area contributed by atoms with Crippen LogP contribution in [0, 0.1) is 0 Å². The zero-order valence-corrected chi connectivity index (χ0v) is 14.7. The van der Waals surface area contributed by atoms with Crippen LogP contribution in [-0.2, 0) is 6.54 Å². The van der Waals surface area contributed by atoms with E-state index in [2.05, 4.69) is 20.6 Å².